The molecule has 1 atom stereocenters. The minimum Gasteiger partial charge on any atom is -0.452 e. The Labute approximate surface area is 130 Å². The summed E-state index contributed by atoms with van der Waals surface area (Å²) in [5.74, 6) is -1.20. The number of hydrogen-bond donors (Lipinski definition) is 1. The van der Waals surface area contributed by atoms with E-state index >= 15 is 0 Å². The van der Waals surface area contributed by atoms with E-state index in [4.69, 9.17) is 4.74 Å². The molecule has 22 heavy (non-hydrogen) atoms. The van der Waals surface area contributed by atoms with Crippen molar-refractivity contribution in [2.75, 3.05) is 20.6 Å². The first kappa shape index (κ1) is 18.1. The van der Waals surface area contributed by atoms with Crippen LogP contribution in [0.4, 0.5) is 0 Å². The van der Waals surface area contributed by atoms with E-state index in [1.807, 2.05) is 6.92 Å². The van der Waals surface area contributed by atoms with E-state index in [1.54, 1.807) is 12.1 Å². The van der Waals surface area contributed by atoms with Crippen LogP contribution in [0.25, 0.3) is 0 Å². The maximum absolute atomic E-state index is 12.0. The third kappa shape index (κ3) is 5.12. The van der Waals surface area contributed by atoms with Crippen molar-refractivity contribution in [2.24, 2.45) is 0 Å². The lowest BCUT2D eigenvalue weighted by Gasteiger charge is -2.17. The summed E-state index contributed by atoms with van der Waals surface area (Å²) >= 11 is 0. The van der Waals surface area contributed by atoms with Crippen LogP contribution in [0.2, 0.25) is 0 Å². The van der Waals surface area contributed by atoms with Crippen molar-refractivity contribution < 1.29 is 22.7 Å². The van der Waals surface area contributed by atoms with Gasteiger partial charge in [-0.3, -0.25) is 9.59 Å². The molecule has 0 bridgehead atoms. The van der Waals surface area contributed by atoms with E-state index in [0.717, 1.165) is 5.56 Å². The Morgan fingerprint density at radius 1 is 1.23 bits per heavy atom. The van der Waals surface area contributed by atoms with E-state index in [1.165, 1.54) is 38.1 Å². The molecule has 122 valence electrons. The quantitative estimate of drug-likeness (QED) is 0.758. The number of amides is 1. The predicted octanol–water partition coefficient (Wildman–Crippen LogP) is 0.293. The van der Waals surface area contributed by atoms with Gasteiger partial charge in [0.05, 0.1) is 4.90 Å². The number of rotatable bonds is 6. The van der Waals surface area contributed by atoms with Crippen LogP contribution in [0.1, 0.15) is 12.5 Å². The van der Waals surface area contributed by atoms with Gasteiger partial charge in [0.25, 0.3) is 5.91 Å². The fraction of sp³-hybridized carbons (Fsp3) is 0.429. The summed E-state index contributed by atoms with van der Waals surface area (Å²) in [5.41, 5.74) is 0.925. The van der Waals surface area contributed by atoms with Crippen LogP contribution < -0.4 is 4.72 Å². The van der Waals surface area contributed by atoms with Gasteiger partial charge >= 0.3 is 5.97 Å². The molecule has 1 amide bonds. The predicted molar refractivity (Wildman–Crippen MR) is 80.6 cm³/mol. The molecule has 7 nitrogen and oxygen atoms in total. The zero-order valence-corrected chi connectivity index (χ0v) is 13.8. The van der Waals surface area contributed by atoms with Gasteiger partial charge in [0, 0.05) is 14.1 Å². The maximum Gasteiger partial charge on any atom is 0.321 e. The van der Waals surface area contributed by atoms with Gasteiger partial charge in [0.1, 0.15) is 6.54 Å². The average Bonchev–Trinajstić information content (AvgIpc) is 2.44. The number of aryl methyl sites for hydroxylation is 1. The molecular formula is C14H20N2O5S. The number of ether oxygens (including phenoxy) is 1. The molecule has 1 aromatic rings. The molecule has 0 fully saturated rings. The number of nitrogens with one attached hydrogen (secondary N) is 1. The van der Waals surface area contributed by atoms with Crippen molar-refractivity contribution in [3.63, 3.8) is 0 Å². The summed E-state index contributed by atoms with van der Waals surface area (Å²) in [6, 6.07) is 6.21. The van der Waals surface area contributed by atoms with Crippen LogP contribution in [0.5, 0.6) is 0 Å². The average molecular weight is 328 g/mol. The van der Waals surface area contributed by atoms with Gasteiger partial charge in [-0.2, -0.15) is 4.72 Å². The minimum atomic E-state index is -3.79. The third-order valence-corrected chi connectivity index (χ3v) is 4.25. The molecule has 0 saturated carbocycles. The fourth-order valence-corrected chi connectivity index (χ4v) is 2.58. The van der Waals surface area contributed by atoms with Crippen molar-refractivity contribution >= 4 is 21.9 Å². The van der Waals surface area contributed by atoms with Crippen LogP contribution in [0, 0.1) is 6.92 Å². The Bertz CT molecular complexity index is 638. The molecule has 0 aliphatic carbocycles. The molecule has 1 rings (SSSR count). The highest BCUT2D eigenvalue weighted by Crippen LogP contribution is 2.09. The summed E-state index contributed by atoms with van der Waals surface area (Å²) in [5, 5.41) is 0. The van der Waals surface area contributed by atoms with Gasteiger partial charge in [-0.05, 0) is 26.0 Å². The minimum absolute atomic E-state index is 0.0586. The van der Waals surface area contributed by atoms with Crippen LogP contribution in [0.3, 0.4) is 0 Å². The molecule has 8 heteroatoms. The van der Waals surface area contributed by atoms with E-state index in [0.29, 0.717) is 0 Å². The van der Waals surface area contributed by atoms with E-state index < -0.39 is 28.6 Å². The number of nitrogens with zero attached hydrogens (tertiary/aromatic N) is 1. The summed E-state index contributed by atoms with van der Waals surface area (Å²) in [6.45, 7) is 2.72. The summed E-state index contributed by atoms with van der Waals surface area (Å²) in [7, 11) is -0.722. The van der Waals surface area contributed by atoms with Crippen molar-refractivity contribution in [1.29, 1.82) is 0 Å². The number of carbonyl (C=O) groups is 2. The number of carbonyl (C=O) groups excluding carboxylic acids is 2. The fourth-order valence-electron chi connectivity index (χ4n) is 1.61. The van der Waals surface area contributed by atoms with Crippen LogP contribution >= 0.6 is 0 Å². The molecule has 0 heterocycles. The Morgan fingerprint density at radius 2 is 1.77 bits per heavy atom. The summed E-state index contributed by atoms with van der Waals surface area (Å²) in [4.78, 5) is 24.5. The number of likely N-dealkylation sites (N-methyl/N-ethyl adjacent to an activating group) is 1. The number of sulfonamides is 1. The molecule has 1 N–H and O–H groups in total. The molecule has 0 radical (unpaired) electrons. The maximum atomic E-state index is 12.0. The lowest BCUT2D eigenvalue weighted by Crippen LogP contribution is -2.38. The first-order valence-corrected chi connectivity index (χ1v) is 8.09. The summed E-state index contributed by atoms with van der Waals surface area (Å²) < 4.78 is 31.0. The normalized spacial score (nSPS) is 12.5. The molecular weight excluding hydrogens is 308 g/mol. The highest BCUT2D eigenvalue weighted by Gasteiger charge is 2.21. The van der Waals surface area contributed by atoms with Gasteiger partial charge in [0.15, 0.2) is 6.10 Å². The Hall–Kier alpha value is -1.93. The van der Waals surface area contributed by atoms with Crippen molar-refractivity contribution in [2.45, 2.75) is 24.8 Å². The first-order chi connectivity index (χ1) is 10.1. The van der Waals surface area contributed by atoms with Gasteiger partial charge in [0.2, 0.25) is 10.0 Å². The van der Waals surface area contributed by atoms with E-state index in [-0.39, 0.29) is 10.8 Å². The highest BCUT2D eigenvalue weighted by molar-refractivity contribution is 7.89. The zero-order valence-electron chi connectivity index (χ0n) is 13.0. The zero-order chi connectivity index (χ0) is 16.9. The van der Waals surface area contributed by atoms with Crippen LogP contribution in [0.15, 0.2) is 29.2 Å². The van der Waals surface area contributed by atoms with Crippen molar-refractivity contribution in [3.05, 3.63) is 29.8 Å². The topological polar surface area (TPSA) is 92.8 Å². The molecule has 0 aliphatic heterocycles. The lowest BCUT2D eigenvalue weighted by molar-refractivity contribution is -0.156. The Morgan fingerprint density at radius 3 is 2.27 bits per heavy atom. The lowest BCUT2D eigenvalue weighted by atomic mass is 10.2. The smallest absolute Gasteiger partial charge is 0.321 e. The molecule has 0 aromatic heterocycles. The largest absolute Gasteiger partial charge is 0.452 e. The molecule has 1 unspecified atom stereocenters. The van der Waals surface area contributed by atoms with Gasteiger partial charge in [-0.25, -0.2) is 8.42 Å². The number of benzene rings is 1. The van der Waals surface area contributed by atoms with Gasteiger partial charge in [-0.15, -0.1) is 0 Å². The first-order valence-electron chi connectivity index (χ1n) is 6.60. The summed E-state index contributed by atoms with van der Waals surface area (Å²) in [6.07, 6.45) is -0.966. The molecule has 1 aromatic carbocycles. The monoisotopic (exact) mass is 328 g/mol. The van der Waals surface area contributed by atoms with Crippen molar-refractivity contribution in [1.82, 2.24) is 9.62 Å². The molecule has 0 aliphatic rings. The Kier molecular flexibility index (Phi) is 6.07. The standard InChI is InChI=1S/C14H20N2O5S/c1-10-5-7-12(8-6-10)22(19,20)15-9-13(17)21-11(2)14(18)16(3)4/h5-8,11,15H,9H2,1-4H3. The van der Waals surface area contributed by atoms with E-state index in [2.05, 4.69) is 4.72 Å². The molecule has 0 saturated heterocycles. The Balaban J connectivity index is 2.60. The van der Waals surface area contributed by atoms with Gasteiger partial charge < -0.3 is 9.64 Å². The number of hydrogen-bond acceptors (Lipinski definition) is 5. The number of esters is 1. The second kappa shape index (κ2) is 7.37. The van der Waals surface area contributed by atoms with Gasteiger partial charge in [-0.1, -0.05) is 17.7 Å². The SMILES string of the molecule is Cc1ccc(S(=O)(=O)NCC(=O)OC(C)C(=O)N(C)C)cc1. The second-order valence-electron chi connectivity index (χ2n) is 5.00. The van der Waals surface area contributed by atoms with Crippen LogP contribution in [-0.4, -0.2) is 51.9 Å². The van der Waals surface area contributed by atoms with Crippen LogP contribution in [-0.2, 0) is 24.3 Å². The van der Waals surface area contributed by atoms with Crippen molar-refractivity contribution in [3.8, 4) is 0 Å². The second-order valence-corrected chi connectivity index (χ2v) is 6.77. The third-order valence-electron chi connectivity index (χ3n) is 2.83. The van der Waals surface area contributed by atoms with E-state index in [9.17, 15) is 18.0 Å². The highest BCUT2D eigenvalue weighted by atomic mass is 32.2. The molecule has 0 spiro atoms.